The number of rotatable bonds is 6. The van der Waals surface area contributed by atoms with Crippen LogP contribution in [-0.4, -0.2) is 51.6 Å². The number of nitrogens with one attached hydrogen (secondary N) is 2. The van der Waals surface area contributed by atoms with Gasteiger partial charge in [0.05, 0.1) is 6.21 Å². The third kappa shape index (κ3) is 3.35. The molecule has 3 aromatic rings. The first-order valence-electron chi connectivity index (χ1n) is 14.0. The molecular formula is C32H31N5O3. The third-order valence-corrected chi connectivity index (χ3v) is 8.97. The van der Waals surface area contributed by atoms with Gasteiger partial charge in [-0.15, -0.1) is 0 Å². The SMILES string of the molecule is O=C1C2N(C3CCCCC3)C(=O)C3(NCc4ccccc4)Nc4ccccc4C23C(=O)N1/N=C\c1ccccc1. The zero-order chi connectivity index (χ0) is 27.3. The molecule has 8 heteroatoms. The van der Waals surface area contributed by atoms with Crippen molar-refractivity contribution in [2.24, 2.45) is 5.10 Å². The van der Waals surface area contributed by atoms with Gasteiger partial charge in [-0.05, 0) is 35.6 Å². The fourth-order valence-electron chi connectivity index (χ4n) is 7.21. The van der Waals surface area contributed by atoms with E-state index in [1.807, 2.05) is 84.9 Å². The second-order valence-corrected chi connectivity index (χ2v) is 11.1. The number of hydrogen-bond acceptors (Lipinski definition) is 6. The van der Waals surface area contributed by atoms with Crippen LogP contribution in [-0.2, 0) is 26.3 Å². The van der Waals surface area contributed by atoms with E-state index >= 15 is 0 Å². The van der Waals surface area contributed by atoms with Crippen LogP contribution in [0, 0.1) is 0 Å². The summed E-state index contributed by atoms with van der Waals surface area (Å²) in [7, 11) is 0. The predicted octanol–water partition coefficient (Wildman–Crippen LogP) is 3.78. The molecule has 2 saturated heterocycles. The first kappa shape index (κ1) is 24.7. The van der Waals surface area contributed by atoms with Crippen LogP contribution < -0.4 is 10.6 Å². The van der Waals surface area contributed by atoms with Gasteiger partial charge in [0.25, 0.3) is 17.7 Å². The van der Waals surface area contributed by atoms with Gasteiger partial charge in [0.2, 0.25) is 0 Å². The van der Waals surface area contributed by atoms with E-state index in [4.69, 9.17) is 0 Å². The normalized spacial score (nSPS) is 27.7. The molecule has 0 aromatic heterocycles. The summed E-state index contributed by atoms with van der Waals surface area (Å²) in [4.78, 5) is 45.5. The average molecular weight is 534 g/mol. The molecule has 3 amide bonds. The van der Waals surface area contributed by atoms with Crippen LogP contribution in [0.15, 0.2) is 90.0 Å². The van der Waals surface area contributed by atoms with Crippen LogP contribution in [0.2, 0.25) is 0 Å². The molecule has 1 spiro atoms. The van der Waals surface area contributed by atoms with E-state index in [1.54, 1.807) is 4.90 Å². The molecule has 3 aromatic carbocycles. The number of carbonyl (C=O) groups excluding carboxylic acids is 3. The Morgan fingerprint density at radius 3 is 2.27 bits per heavy atom. The second-order valence-electron chi connectivity index (χ2n) is 11.1. The Balaban J connectivity index is 1.40. The summed E-state index contributed by atoms with van der Waals surface area (Å²) in [6, 6.07) is 25.5. The molecule has 40 heavy (non-hydrogen) atoms. The van der Waals surface area contributed by atoms with Crippen LogP contribution >= 0.6 is 0 Å². The molecule has 3 aliphatic heterocycles. The van der Waals surface area contributed by atoms with E-state index in [-0.39, 0.29) is 11.9 Å². The largest absolute Gasteiger partial charge is 0.358 e. The van der Waals surface area contributed by atoms with E-state index in [9.17, 15) is 14.4 Å². The minimum absolute atomic E-state index is 0.118. The Morgan fingerprint density at radius 1 is 0.850 bits per heavy atom. The maximum absolute atomic E-state index is 14.7. The molecule has 1 saturated carbocycles. The number of likely N-dealkylation sites (tertiary alicyclic amines) is 1. The van der Waals surface area contributed by atoms with E-state index in [2.05, 4.69) is 15.7 Å². The fourth-order valence-corrected chi connectivity index (χ4v) is 7.21. The highest BCUT2D eigenvalue weighted by molar-refractivity contribution is 6.23. The first-order chi connectivity index (χ1) is 19.6. The van der Waals surface area contributed by atoms with Gasteiger partial charge in [0, 0.05) is 18.3 Å². The molecule has 0 radical (unpaired) electrons. The van der Waals surface area contributed by atoms with Gasteiger partial charge in [-0.1, -0.05) is 98.1 Å². The molecule has 0 bridgehead atoms. The maximum Gasteiger partial charge on any atom is 0.274 e. The molecule has 3 unspecified atom stereocenters. The number of fused-ring (bicyclic) bond motifs is 1. The Kier molecular flexibility index (Phi) is 5.82. The molecule has 7 rings (SSSR count). The highest BCUT2D eigenvalue weighted by atomic mass is 16.2. The highest BCUT2D eigenvalue weighted by Gasteiger charge is 2.83. The molecule has 202 valence electrons. The lowest BCUT2D eigenvalue weighted by Gasteiger charge is -2.36. The maximum atomic E-state index is 14.7. The van der Waals surface area contributed by atoms with Gasteiger partial charge in [-0.25, -0.2) is 0 Å². The molecule has 3 heterocycles. The molecule has 2 N–H and O–H groups in total. The van der Waals surface area contributed by atoms with Crippen molar-refractivity contribution in [3.63, 3.8) is 0 Å². The highest BCUT2D eigenvalue weighted by Crippen LogP contribution is 2.60. The molecule has 4 aliphatic rings. The van der Waals surface area contributed by atoms with Crippen LogP contribution in [0.5, 0.6) is 0 Å². The Hall–Kier alpha value is -4.30. The van der Waals surface area contributed by atoms with Crippen molar-refractivity contribution in [3.8, 4) is 0 Å². The number of hydrazone groups is 1. The predicted molar refractivity (Wildman–Crippen MR) is 151 cm³/mol. The molecule has 1 aliphatic carbocycles. The van der Waals surface area contributed by atoms with Crippen molar-refractivity contribution >= 4 is 29.6 Å². The minimum Gasteiger partial charge on any atom is -0.358 e. The van der Waals surface area contributed by atoms with Crippen molar-refractivity contribution in [3.05, 3.63) is 102 Å². The Bertz CT molecular complexity index is 1500. The summed E-state index contributed by atoms with van der Waals surface area (Å²) < 4.78 is 0. The summed E-state index contributed by atoms with van der Waals surface area (Å²) in [5.41, 5.74) is 0.0520. The first-order valence-corrected chi connectivity index (χ1v) is 14.0. The lowest BCUT2D eigenvalue weighted by Crippen LogP contribution is -2.67. The van der Waals surface area contributed by atoms with Gasteiger partial charge < -0.3 is 10.2 Å². The third-order valence-electron chi connectivity index (χ3n) is 8.97. The van der Waals surface area contributed by atoms with Crippen molar-refractivity contribution < 1.29 is 14.4 Å². The number of carbonyl (C=O) groups is 3. The second kappa shape index (κ2) is 9.41. The summed E-state index contributed by atoms with van der Waals surface area (Å²) in [6.07, 6.45) is 6.23. The summed E-state index contributed by atoms with van der Waals surface area (Å²) in [6.45, 7) is 0.343. The fraction of sp³-hybridized carbons (Fsp3) is 0.312. The number of para-hydroxylation sites is 1. The minimum atomic E-state index is -1.53. The quantitative estimate of drug-likeness (QED) is 0.372. The van der Waals surface area contributed by atoms with Crippen molar-refractivity contribution in [2.75, 3.05) is 5.32 Å². The molecule has 8 nitrogen and oxygen atoms in total. The smallest absolute Gasteiger partial charge is 0.274 e. The number of anilines is 1. The van der Waals surface area contributed by atoms with E-state index in [0.29, 0.717) is 17.8 Å². The Morgan fingerprint density at radius 2 is 1.52 bits per heavy atom. The average Bonchev–Trinajstić information content (AvgIpc) is 3.51. The van der Waals surface area contributed by atoms with E-state index < -0.39 is 28.9 Å². The molecule has 3 fully saturated rings. The van der Waals surface area contributed by atoms with Crippen molar-refractivity contribution in [1.29, 1.82) is 0 Å². The number of hydrogen-bond donors (Lipinski definition) is 2. The zero-order valence-corrected chi connectivity index (χ0v) is 22.1. The van der Waals surface area contributed by atoms with E-state index in [1.165, 1.54) is 6.21 Å². The number of amides is 3. The number of nitrogens with zero attached hydrogens (tertiary/aromatic N) is 3. The summed E-state index contributed by atoms with van der Waals surface area (Å²) in [5, 5.41) is 12.4. The van der Waals surface area contributed by atoms with Crippen LogP contribution in [0.1, 0.15) is 48.8 Å². The number of benzene rings is 3. The Labute approximate surface area is 233 Å². The van der Waals surface area contributed by atoms with Gasteiger partial charge in [-0.2, -0.15) is 10.1 Å². The van der Waals surface area contributed by atoms with Crippen molar-refractivity contribution in [2.45, 2.75) is 61.8 Å². The van der Waals surface area contributed by atoms with Gasteiger partial charge in [0.1, 0.15) is 6.04 Å². The monoisotopic (exact) mass is 533 g/mol. The zero-order valence-electron chi connectivity index (χ0n) is 22.1. The molecular weight excluding hydrogens is 502 g/mol. The summed E-state index contributed by atoms with van der Waals surface area (Å²) in [5.74, 6) is -1.19. The summed E-state index contributed by atoms with van der Waals surface area (Å²) >= 11 is 0. The van der Waals surface area contributed by atoms with Crippen molar-refractivity contribution in [1.82, 2.24) is 15.2 Å². The van der Waals surface area contributed by atoms with Crippen LogP contribution in [0.4, 0.5) is 5.69 Å². The van der Waals surface area contributed by atoms with Crippen LogP contribution in [0.25, 0.3) is 0 Å². The topological polar surface area (TPSA) is 94.1 Å². The van der Waals surface area contributed by atoms with Gasteiger partial charge in [-0.3, -0.25) is 19.7 Å². The molecule has 3 atom stereocenters. The van der Waals surface area contributed by atoms with Gasteiger partial charge >= 0.3 is 0 Å². The van der Waals surface area contributed by atoms with Crippen LogP contribution in [0.3, 0.4) is 0 Å². The standard InChI is InChI=1S/C32H31N5O3/c38-28-27-31(29(39)37(28)34-21-23-14-6-2-7-15-23)25-18-10-11-19-26(25)35-32(31,33-20-22-12-4-1-5-13-22)30(40)36(27)24-16-8-3-9-17-24/h1-2,4-7,10-15,18-19,21,24,27,33,35H,3,8-9,16-17,20H2/b34-21-. The number of imide groups is 1. The van der Waals surface area contributed by atoms with E-state index in [0.717, 1.165) is 48.2 Å². The lowest BCUT2D eigenvalue weighted by molar-refractivity contribution is -0.148. The lowest BCUT2D eigenvalue weighted by atomic mass is 9.70. The van der Waals surface area contributed by atoms with Gasteiger partial charge in [0.15, 0.2) is 11.1 Å².